The van der Waals surface area contributed by atoms with Crippen molar-refractivity contribution in [2.75, 3.05) is 20.6 Å². The molecule has 198 valence electrons. The van der Waals surface area contributed by atoms with Crippen molar-refractivity contribution in [3.05, 3.63) is 57.9 Å². The van der Waals surface area contributed by atoms with Gasteiger partial charge in [-0.25, -0.2) is 0 Å². The molecule has 0 bridgehead atoms. The Morgan fingerprint density at radius 2 is 1.95 bits per heavy atom. The second-order valence-corrected chi connectivity index (χ2v) is 10.1. The van der Waals surface area contributed by atoms with Crippen molar-refractivity contribution < 1.29 is 34.8 Å². The summed E-state index contributed by atoms with van der Waals surface area (Å²) in [5, 5.41) is 48.2. The van der Waals surface area contributed by atoms with E-state index in [9.17, 15) is 34.8 Å². The van der Waals surface area contributed by atoms with Gasteiger partial charge >= 0.3 is 0 Å². The van der Waals surface area contributed by atoms with Crippen molar-refractivity contribution in [2.45, 2.75) is 44.4 Å². The second-order valence-electron chi connectivity index (χ2n) is 10.1. The van der Waals surface area contributed by atoms with Crippen molar-refractivity contribution in [2.24, 2.45) is 17.6 Å². The molecule has 37 heavy (non-hydrogen) atoms. The van der Waals surface area contributed by atoms with E-state index in [2.05, 4.69) is 11.9 Å². The van der Waals surface area contributed by atoms with Crippen molar-refractivity contribution in [3.8, 4) is 5.75 Å². The van der Waals surface area contributed by atoms with Gasteiger partial charge in [0.25, 0.3) is 5.91 Å². The maximum Gasteiger partial charge on any atom is 0.255 e. The molecule has 1 amide bonds. The zero-order chi connectivity index (χ0) is 27.4. The number of hydrogen-bond acceptors (Lipinski definition) is 9. The first kappa shape index (κ1) is 26.6. The molecule has 1 saturated carbocycles. The van der Waals surface area contributed by atoms with Crippen LogP contribution < -0.4 is 11.1 Å². The number of phenolic OH excluding ortho intramolecular Hbond substituents is 1. The molecular formula is C27H33N3O7. The number of nitrogens with zero attached hydrogens (tertiary/aromatic N) is 1. The Hall–Kier alpha value is -3.47. The average molecular weight is 512 g/mol. The van der Waals surface area contributed by atoms with Crippen LogP contribution in [0.2, 0.25) is 0 Å². The number of nitrogens with two attached hydrogens (primary N) is 1. The van der Waals surface area contributed by atoms with Gasteiger partial charge in [-0.05, 0) is 50.4 Å². The maximum atomic E-state index is 13.9. The van der Waals surface area contributed by atoms with Crippen LogP contribution in [-0.4, -0.2) is 75.1 Å². The summed E-state index contributed by atoms with van der Waals surface area (Å²) in [5.74, 6) is -6.47. The third-order valence-corrected chi connectivity index (χ3v) is 7.88. The summed E-state index contributed by atoms with van der Waals surface area (Å²) < 4.78 is 0. The van der Waals surface area contributed by atoms with Crippen LogP contribution in [0.15, 0.2) is 35.6 Å². The quantitative estimate of drug-likeness (QED) is 0.176. The molecule has 0 saturated heterocycles. The Labute approximate surface area is 214 Å². The summed E-state index contributed by atoms with van der Waals surface area (Å²) in [6, 6.07) is 0.763. The Kier molecular flexibility index (Phi) is 6.78. The van der Waals surface area contributed by atoms with E-state index >= 15 is 0 Å². The molecule has 0 aliphatic heterocycles. The van der Waals surface area contributed by atoms with Crippen LogP contribution in [0.4, 0.5) is 0 Å². The van der Waals surface area contributed by atoms with Crippen LogP contribution in [0.5, 0.6) is 5.75 Å². The predicted octanol–water partition coefficient (Wildman–Crippen LogP) is 0.802. The first-order valence-electron chi connectivity index (χ1n) is 12.2. The molecule has 4 atom stereocenters. The molecule has 1 aromatic carbocycles. The van der Waals surface area contributed by atoms with Crippen molar-refractivity contribution in [3.63, 3.8) is 0 Å². The van der Waals surface area contributed by atoms with Crippen LogP contribution in [0.25, 0.3) is 5.76 Å². The minimum atomic E-state index is -2.64. The van der Waals surface area contributed by atoms with Crippen LogP contribution in [0.3, 0.4) is 0 Å². The molecule has 4 rings (SSSR count). The summed E-state index contributed by atoms with van der Waals surface area (Å²) in [6.45, 7) is 6.40. The third-order valence-electron chi connectivity index (χ3n) is 7.88. The molecule has 3 aliphatic carbocycles. The molecule has 3 aliphatic rings. The fraction of sp³-hybridized carbons (Fsp3) is 0.444. The zero-order valence-electron chi connectivity index (χ0n) is 21.2. The van der Waals surface area contributed by atoms with Gasteiger partial charge in [0.15, 0.2) is 11.4 Å². The number of Topliss-reactive ketones (excluding diaryl/α,β-unsaturated/α-hetero) is 2. The van der Waals surface area contributed by atoms with E-state index in [4.69, 9.17) is 5.73 Å². The number of aryl methyl sites for hydroxylation is 1. The Bertz CT molecular complexity index is 1280. The van der Waals surface area contributed by atoms with Crippen LogP contribution in [0.1, 0.15) is 35.6 Å². The van der Waals surface area contributed by atoms with E-state index < -0.39 is 58.0 Å². The molecule has 10 heteroatoms. The number of aromatic hydroxyl groups is 1. The van der Waals surface area contributed by atoms with Gasteiger partial charge in [-0.3, -0.25) is 19.3 Å². The standard InChI is InChI=1S/C27H33N3O7/c1-5-7-29-11-14-8-12(6-2)15-9-13-10-16-20(30(3)4)23(33)19(26(28)36)25(35)27(16,37)24(34)17(13)22(32)18(15)21(14)31/h5,8,13,16,20,29,31-32,35,37H,1,6-7,9-11H2,2-4H3,(H2,28,36)/t13-,16-,20-,27-/m0/s1. The minimum absolute atomic E-state index is 0.0678. The third kappa shape index (κ3) is 3.78. The molecule has 1 fully saturated rings. The normalized spacial score (nSPS) is 27.2. The minimum Gasteiger partial charge on any atom is -0.508 e. The lowest BCUT2D eigenvalue weighted by atomic mass is 9.57. The lowest BCUT2D eigenvalue weighted by molar-refractivity contribution is -0.153. The Morgan fingerprint density at radius 1 is 1.27 bits per heavy atom. The van der Waals surface area contributed by atoms with Crippen LogP contribution in [-0.2, 0) is 33.8 Å². The number of rotatable bonds is 7. The van der Waals surface area contributed by atoms with Gasteiger partial charge in [0, 0.05) is 30.1 Å². The number of ketones is 2. The number of benzene rings is 1. The number of hydrogen-bond donors (Lipinski definition) is 6. The van der Waals surface area contributed by atoms with E-state index in [0.717, 1.165) is 5.56 Å². The van der Waals surface area contributed by atoms with Gasteiger partial charge in [-0.15, -0.1) is 6.58 Å². The number of phenols is 1. The lowest BCUT2D eigenvalue weighted by Crippen LogP contribution is -2.65. The summed E-state index contributed by atoms with van der Waals surface area (Å²) in [4.78, 5) is 40.6. The summed E-state index contributed by atoms with van der Waals surface area (Å²) >= 11 is 0. The lowest BCUT2D eigenvalue weighted by Gasteiger charge is -2.50. The monoisotopic (exact) mass is 511 g/mol. The highest BCUT2D eigenvalue weighted by molar-refractivity contribution is 6.24. The second kappa shape index (κ2) is 9.44. The van der Waals surface area contributed by atoms with E-state index in [1.165, 1.54) is 4.90 Å². The summed E-state index contributed by atoms with van der Waals surface area (Å²) in [7, 11) is 3.14. The van der Waals surface area contributed by atoms with Crippen LogP contribution >= 0.6 is 0 Å². The highest BCUT2D eigenvalue weighted by Crippen LogP contribution is 2.53. The predicted molar refractivity (Wildman–Crippen MR) is 136 cm³/mol. The number of fused-ring (bicyclic) bond motifs is 3. The number of carbonyl (C=O) groups excluding carboxylic acids is 3. The number of nitrogens with one attached hydrogen (secondary N) is 1. The number of aliphatic hydroxyl groups excluding tert-OH is 2. The SMILES string of the molecule is C=CCNCc1cc(CC)c2c(c1O)C(O)=C1C(=O)[C@]3(O)C(O)=C(C(N)=O)C(=O)[C@@H](N(C)C)[C@@H]3C[C@@H]1C2. The first-order chi connectivity index (χ1) is 17.4. The van der Waals surface area contributed by atoms with Gasteiger partial charge in [0.1, 0.15) is 22.8 Å². The molecule has 7 N–H and O–H groups in total. The number of aliphatic hydroxyl groups is 3. The molecule has 1 aromatic rings. The van der Waals surface area contributed by atoms with E-state index in [1.807, 2.05) is 13.0 Å². The molecule has 10 nitrogen and oxygen atoms in total. The summed E-state index contributed by atoms with van der Waals surface area (Å²) in [6.07, 6.45) is 2.64. The number of carbonyl (C=O) groups is 3. The largest absolute Gasteiger partial charge is 0.508 e. The van der Waals surface area contributed by atoms with Crippen molar-refractivity contribution in [1.29, 1.82) is 0 Å². The number of primary amides is 1. The first-order valence-corrected chi connectivity index (χ1v) is 12.2. The van der Waals surface area contributed by atoms with Gasteiger partial charge < -0.3 is 31.5 Å². The fourth-order valence-corrected chi connectivity index (χ4v) is 6.21. The molecule has 0 spiro atoms. The Morgan fingerprint density at radius 3 is 2.51 bits per heavy atom. The molecule has 0 aromatic heterocycles. The molecular weight excluding hydrogens is 478 g/mol. The zero-order valence-corrected chi connectivity index (χ0v) is 21.2. The summed E-state index contributed by atoms with van der Waals surface area (Å²) in [5.41, 5.74) is 3.96. The molecule has 0 heterocycles. The Balaban J connectivity index is 1.94. The maximum absolute atomic E-state index is 13.9. The van der Waals surface area contributed by atoms with Gasteiger partial charge in [0.2, 0.25) is 5.78 Å². The molecule has 0 radical (unpaired) electrons. The van der Waals surface area contributed by atoms with Gasteiger partial charge in [0.05, 0.1) is 11.6 Å². The average Bonchev–Trinajstić information content (AvgIpc) is 2.82. The van der Waals surface area contributed by atoms with E-state index in [-0.39, 0.29) is 29.7 Å². The van der Waals surface area contributed by atoms with Gasteiger partial charge in [-0.2, -0.15) is 0 Å². The number of amides is 1. The van der Waals surface area contributed by atoms with E-state index in [1.54, 1.807) is 20.2 Å². The van der Waals surface area contributed by atoms with Crippen LogP contribution in [0, 0.1) is 11.8 Å². The van der Waals surface area contributed by atoms with Crippen molar-refractivity contribution >= 4 is 23.2 Å². The smallest absolute Gasteiger partial charge is 0.255 e. The fourth-order valence-electron chi connectivity index (χ4n) is 6.21. The number of likely N-dealkylation sites (N-methyl/N-ethyl adjacent to an activating group) is 1. The molecule has 0 unspecified atom stereocenters. The topological polar surface area (TPSA) is 173 Å². The highest BCUT2D eigenvalue weighted by atomic mass is 16.3. The highest BCUT2D eigenvalue weighted by Gasteiger charge is 2.64. The van der Waals surface area contributed by atoms with E-state index in [0.29, 0.717) is 30.6 Å². The van der Waals surface area contributed by atoms with Crippen molar-refractivity contribution in [1.82, 2.24) is 10.2 Å². The van der Waals surface area contributed by atoms with Gasteiger partial charge in [-0.1, -0.05) is 19.1 Å².